The topological polar surface area (TPSA) is 73.2 Å². The summed E-state index contributed by atoms with van der Waals surface area (Å²) in [6, 6.07) is 14.0. The van der Waals surface area contributed by atoms with E-state index in [1.54, 1.807) is 12.1 Å². The fourth-order valence-corrected chi connectivity index (χ4v) is 6.25. The summed E-state index contributed by atoms with van der Waals surface area (Å²) in [5.74, 6) is -1.95. The van der Waals surface area contributed by atoms with E-state index in [-0.39, 0.29) is 21.9 Å². The van der Waals surface area contributed by atoms with Gasteiger partial charge in [-0.05, 0) is 54.3 Å². The summed E-state index contributed by atoms with van der Waals surface area (Å²) >= 11 is 6.65. The van der Waals surface area contributed by atoms with E-state index in [2.05, 4.69) is 0 Å². The number of hydrogen-bond acceptors (Lipinski definition) is 5. The molecule has 0 saturated heterocycles. The van der Waals surface area contributed by atoms with Crippen LogP contribution < -0.4 is 5.56 Å². The smallest absolute Gasteiger partial charge is 0.263 e. The van der Waals surface area contributed by atoms with Crippen LogP contribution in [0.25, 0.3) is 16.5 Å². The number of fused-ring (bicyclic) bond motifs is 1. The van der Waals surface area contributed by atoms with Gasteiger partial charge in [0, 0.05) is 18.0 Å². The molecule has 0 spiro atoms. The summed E-state index contributed by atoms with van der Waals surface area (Å²) < 4.78 is 41.0. The van der Waals surface area contributed by atoms with Crippen molar-refractivity contribution in [1.82, 2.24) is 4.57 Å². The van der Waals surface area contributed by atoms with Crippen LogP contribution in [0, 0.1) is 12.7 Å². The molecule has 0 radical (unpaired) electrons. The van der Waals surface area contributed by atoms with E-state index >= 15 is 0 Å². The van der Waals surface area contributed by atoms with Gasteiger partial charge in [-0.1, -0.05) is 35.4 Å². The lowest BCUT2D eigenvalue weighted by Crippen LogP contribution is -2.19. The van der Waals surface area contributed by atoms with Crippen LogP contribution in [0.2, 0.25) is 4.34 Å². The minimum atomic E-state index is -3.80. The molecule has 0 atom stereocenters. The second kappa shape index (κ2) is 8.61. The summed E-state index contributed by atoms with van der Waals surface area (Å²) in [7, 11) is -3.80. The SMILES string of the molecule is Cc1ccc2c(=O)n(-c3ccc(CC(=O)CS(=O)(=O)c4ccc(Cl)s4)cc3F)ccc2c1. The number of ketones is 1. The zero-order valence-corrected chi connectivity index (χ0v) is 19.2. The Morgan fingerprint density at radius 1 is 1.09 bits per heavy atom. The highest BCUT2D eigenvalue weighted by Gasteiger charge is 2.22. The van der Waals surface area contributed by atoms with Crippen LogP contribution in [0.5, 0.6) is 0 Å². The molecule has 0 aliphatic rings. The minimum absolute atomic E-state index is 0.0169. The first-order chi connectivity index (χ1) is 15.1. The van der Waals surface area contributed by atoms with Crippen LogP contribution in [0.15, 0.2) is 69.8 Å². The number of nitrogens with zero attached hydrogens (tertiary/aromatic N) is 1. The quantitative estimate of drug-likeness (QED) is 0.392. The highest BCUT2D eigenvalue weighted by Crippen LogP contribution is 2.26. The number of pyridine rings is 1. The van der Waals surface area contributed by atoms with Crippen molar-refractivity contribution in [2.24, 2.45) is 0 Å². The van der Waals surface area contributed by atoms with Gasteiger partial charge in [-0.3, -0.25) is 14.2 Å². The van der Waals surface area contributed by atoms with Crippen LogP contribution in [0.1, 0.15) is 11.1 Å². The maximum absolute atomic E-state index is 14.8. The van der Waals surface area contributed by atoms with Crippen molar-refractivity contribution >= 4 is 49.3 Å². The molecule has 2 aromatic heterocycles. The average Bonchev–Trinajstić information content (AvgIpc) is 3.16. The van der Waals surface area contributed by atoms with E-state index in [1.807, 2.05) is 19.1 Å². The Morgan fingerprint density at radius 2 is 1.88 bits per heavy atom. The molecule has 0 unspecified atom stereocenters. The van der Waals surface area contributed by atoms with Gasteiger partial charge < -0.3 is 0 Å². The third kappa shape index (κ3) is 4.53. The molecular formula is C23H17ClFNO4S2. The van der Waals surface area contributed by atoms with Gasteiger partial charge in [0.1, 0.15) is 15.8 Å². The number of halogens is 2. The molecule has 0 fully saturated rings. The van der Waals surface area contributed by atoms with Crippen molar-refractivity contribution in [3.8, 4) is 5.69 Å². The van der Waals surface area contributed by atoms with Gasteiger partial charge in [-0.2, -0.15) is 0 Å². The zero-order chi connectivity index (χ0) is 23.0. The Bertz CT molecular complexity index is 1520. The molecule has 32 heavy (non-hydrogen) atoms. The molecule has 9 heteroatoms. The van der Waals surface area contributed by atoms with Crippen LogP contribution in [0.3, 0.4) is 0 Å². The number of sulfone groups is 1. The first-order valence-electron chi connectivity index (χ1n) is 9.55. The Hall–Kier alpha value is -2.81. The van der Waals surface area contributed by atoms with Crippen molar-refractivity contribution < 1.29 is 17.6 Å². The van der Waals surface area contributed by atoms with Crippen LogP contribution >= 0.6 is 22.9 Å². The Balaban J connectivity index is 1.57. The van der Waals surface area contributed by atoms with Gasteiger partial charge in [0.15, 0.2) is 15.6 Å². The van der Waals surface area contributed by atoms with Crippen molar-refractivity contribution in [2.45, 2.75) is 17.6 Å². The molecule has 2 aromatic carbocycles. The fraction of sp³-hybridized carbons (Fsp3) is 0.130. The summed E-state index contributed by atoms with van der Waals surface area (Å²) in [5.41, 5.74) is 1.03. The predicted octanol–water partition coefficient (Wildman–Crippen LogP) is 4.74. The van der Waals surface area contributed by atoms with Crippen LogP contribution in [-0.2, 0) is 21.1 Å². The average molecular weight is 490 g/mol. The Labute approximate surface area is 192 Å². The lowest BCUT2D eigenvalue weighted by molar-refractivity contribution is -0.116. The highest BCUT2D eigenvalue weighted by atomic mass is 35.5. The summed E-state index contributed by atoms with van der Waals surface area (Å²) in [4.78, 5) is 25.1. The first kappa shape index (κ1) is 22.4. The summed E-state index contributed by atoms with van der Waals surface area (Å²) in [6.45, 7) is 1.92. The second-order valence-corrected chi connectivity index (χ2v) is 11.3. The van der Waals surface area contributed by atoms with Gasteiger partial charge in [0.25, 0.3) is 5.56 Å². The molecular weight excluding hydrogens is 473 g/mol. The van der Waals surface area contributed by atoms with Crippen molar-refractivity contribution in [3.05, 3.63) is 92.4 Å². The van der Waals surface area contributed by atoms with Gasteiger partial charge in [-0.15, -0.1) is 11.3 Å². The van der Waals surface area contributed by atoms with E-state index < -0.39 is 27.2 Å². The molecule has 5 nitrogen and oxygen atoms in total. The summed E-state index contributed by atoms with van der Waals surface area (Å²) in [5, 5.41) is 1.23. The number of carbonyl (C=O) groups is 1. The molecule has 0 bridgehead atoms. The van der Waals surface area contributed by atoms with Gasteiger partial charge in [0.05, 0.1) is 10.0 Å². The lowest BCUT2D eigenvalue weighted by Gasteiger charge is -2.10. The van der Waals surface area contributed by atoms with E-state index in [0.29, 0.717) is 15.3 Å². The molecule has 0 N–H and O–H groups in total. The number of hydrogen-bond donors (Lipinski definition) is 0. The van der Waals surface area contributed by atoms with E-state index in [9.17, 15) is 22.4 Å². The molecule has 2 heterocycles. The first-order valence-corrected chi connectivity index (χ1v) is 12.4. The van der Waals surface area contributed by atoms with E-state index in [0.717, 1.165) is 28.4 Å². The predicted molar refractivity (Wildman–Crippen MR) is 124 cm³/mol. The Morgan fingerprint density at radius 3 is 2.56 bits per heavy atom. The summed E-state index contributed by atoms with van der Waals surface area (Å²) in [6.07, 6.45) is 1.26. The molecule has 0 aliphatic heterocycles. The largest absolute Gasteiger partial charge is 0.298 e. The number of benzene rings is 2. The third-order valence-corrected chi connectivity index (χ3v) is 8.43. The van der Waals surface area contributed by atoms with Crippen LogP contribution in [-0.4, -0.2) is 24.5 Å². The standard InChI is InChI=1S/C23H17ClFNO4S2/c1-14-2-4-18-16(10-14)8-9-26(23(18)28)20-5-3-15(12-19(20)25)11-17(27)13-32(29,30)22-7-6-21(24)31-22/h2-10,12H,11,13H2,1H3. The molecule has 4 aromatic rings. The molecule has 0 saturated carbocycles. The number of aryl methyl sites for hydroxylation is 1. The maximum atomic E-state index is 14.8. The fourth-order valence-electron chi connectivity index (χ4n) is 3.44. The van der Waals surface area contributed by atoms with Crippen molar-refractivity contribution in [1.29, 1.82) is 0 Å². The van der Waals surface area contributed by atoms with Crippen molar-refractivity contribution in [3.63, 3.8) is 0 Å². The molecule has 0 amide bonds. The second-order valence-electron chi connectivity index (χ2n) is 7.40. The van der Waals surface area contributed by atoms with E-state index in [1.165, 1.54) is 35.0 Å². The molecule has 4 rings (SSSR count). The van der Waals surface area contributed by atoms with Gasteiger partial charge in [-0.25, -0.2) is 12.8 Å². The number of Topliss-reactive ketones (excluding diaryl/α,β-unsaturated/α-hetero) is 1. The van der Waals surface area contributed by atoms with Gasteiger partial charge >= 0.3 is 0 Å². The van der Waals surface area contributed by atoms with Crippen molar-refractivity contribution in [2.75, 3.05) is 5.75 Å². The molecule has 0 aliphatic carbocycles. The highest BCUT2D eigenvalue weighted by molar-refractivity contribution is 7.94. The monoisotopic (exact) mass is 489 g/mol. The normalized spacial score (nSPS) is 11.7. The number of aromatic nitrogens is 1. The number of rotatable bonds is 6. The van der Waals surface area contributed by atoms with E-state index in [4.69, 9.17) is 11.6 Å². The Kier molecular flexibility index (Phi) is 6.03. The third-order valence-electron chi connectivity index (χ3n) is 4.94. The molecule has 164 valence electrons. The minimum Gasteiger partial charge on any atom is -0.298 e. The maximum Gasteiger partial charge on any atom is 0.263 e. The number of carbonyl (C=O) groups excluding carboxylic acids is 1. The zero-order valence-electron chi connectivity index (χ0n) is 16.8. The van der Waals surface area contributed by atoms with Crippen LogP contribution in [0.4, 0.5) is 4.39 Å². The number of thiophene rings is 1. The lowest BCUT2D eigenvalue weighted by atomic mass is 10.1. The van der Waals surface area contributed by atoms with Gasteiger partial charge in [0.2, 0.25) is 0 Å².